The topological polar surface area (TPSA) is 29.3 Å². The quantitative estimate of drug-likeness (QED) is 0.924. The first-order valence-electron chi connectivity index (χ1n) is 5.90. The van der Waals surface area contributed by atoms with Gasteiger partial charge in [0.05, 0.1) is 0 Å². The zero-order chi connectivity index (χ0) is 11.5. The van der Waals surface area contributed by atoms with Crippen LogP contribution < -0.4 is 5.73 Å². The molecule has 3 heteroatoms. The largest absolute Gasteiger partial charge is 0.329 e. The van der Waals surface area contributed by atoms with Crippen LogP contribution in [0.1, 0.15) is 24.9 Å². The smallest absolute Gasteiger partial charge is 0.0470 e. The minimum atomic E-state index is 0.377. The standard InChI is InChI=1S/C13H19BrN2/c1-10-5-6-16(9-10)13(8-15)11-3-2-4-12(14)7-11/h2-4,7,10,13H,5-6,8-9,15H2,1H3. The van der Waals surface area contributed by atoms with Crippen LogP contribution in [0, 0.1) is 5.92 Å². The molecule has 1 aromatic rings. The number of nitrogens with two attached hydrogens (primary N) is 1. The third kappa shape index (κ3) is 2.65. The van der Waals surface area contributed by atoms with Gasteiger partial charge in [-0.2, -0.15) is 0 Å². The number of benzene rings is 1. The van der Waals surface area contributed by atoms with Crippen LogP contribution >= 0.6 is 15.9 Å². The normalized spacial score (nSPS) is 23.6. The van der Waals surface area contributed by atoms with Gasteiger partial charge in [0.15, 0.2) is 0 Å². The Morgan fingerprint density at radius 1 is 1.56 bits per heavy atom. The molecule has 2 N–H and O–H groups in total. The molecule has 0 bridgehead atoms. The van der Waals surface area contributed by atoms with E-state index in [2.05, 4.69) is 52.0 Å². The molecule has 1 aromatic carbocycles. The van der Waals surface area contributed by atoms with Gasteiger partial charge in [-0.15, -0.1) is 0 Å². The lowest BCUT2D eigenvalue weighted by atomic mass is 10.1. The highest BCUT2D eigenvalue weighted by molar-refractivity contribution is 9.10. The van der Waals surface area contributed by atoms with Crippen LogP contribution in [0.4, 0.5) is 0 Å². The number of rotatable bonds is 3. The lowest BCUT2D eigenvalue weighted by Crippen LogP contribution is -2.31. The average Bonchev–Trinajstić information content (AvgIpc) is 2.66. The van der Waals surface area contributed by atoms with Crippen molar-refractivity contribution < 1.29 is 0 Å². The van der Waals surface area contributed by atoms with Crippen molar-refractivity contribution in [2.45, 2.75) is 19.4 Å². The van der Waals surface area contributed by atoms with Gasteiger partial charge in [-0.3, -0.25) is 4.90 Å². The van der Waals surface area contributed by atoms with Crippen molar-refractivity contribution in [1.29, 1.82) is 0 Å². The Morgan fingerprint density at radius 2 is 2.38 bits per heavy atom. The Hall–Kier alpha value is -0.380. The van der Waals surface area contributed by atoms with Gasteiger partial charge < -0.3 is 5.73 Å². The van der Waals surface area contributed by atoms with Crippen molar-refractivity contribution in [1.82, 2.24) is 4.90 Å². The van der Waals surface area contributed by atoms with Gasteiger partial charge in [-0.05, 0) is 36.6 Å². The van der Waals surface area contributed by atoms with Crippen molar-refractivity contribution >= 4 is 15.9 Å². The summed E-state index contributed by atoms with van der Waals surface area (Å²) in [7, 11) is 0. The van der Waals surface area contributed by atoms with Crippen LogP contribution in [-0.4, -0.2) is 24.5 Å². The highest BCUT2D eigenvalue weighted by atomic mass is 79.9. The molecule has 0 aromatic heterocycles. The van der Waals surface area contributed by atoms with E-state index < -0.39 is 0 Å². The first-order chi connectivity index (χ1) is 7.70. The van der Waals surface area contributed by atoms with Gasteiger partial charge in [0, 0.05) is 23.6 Å². The van der Waals surface area contributed by atoms with E-state index in [1.165, 1.54) is 25.1 Å². The van der Waals surface area contributed by atoms with Crippen LogP contribution in [0.25, 0.3) is 0 Å². The predicted octanol–water partition coefficient (Wildman–Crippen LogP) is 2.79. The third-order valence-corrected chi connectivity index (χ3v) is 3.85. The van der Waals surface area contributed by atoms with Gasteiger partial charge in [-0.1, -0.05) is 35.0 Å². The highest BCUT2D eigenvalue weighted by Gasteiger charge is 2.25. The zero-order valence-electron chi connectivity index (χ0n) is 9.70. The number of hydrogen-bond acceptors (Lipinski definition) is 2. The lowest BCUT2D eigenvalue weighted by molar-refractivity contribution is 0.243. The van der Waals surface area contributed by atoms with Gasteiger partial charge in [0.25, 0.3) is 0 Å². The fourth-order valence-electron chi connectivity index (χ4n) is 2.46. The van der Waals surface area contributed by atoms with Crippen molar-refractivity contribution in [2.75, 3.05) is 19.6 Å². The number of halogens is 1. The van der Waals surface area contributed by atoms with Gasteiger partial charge in [0.2, 0.25) is 0 Å². The zero-order valence-corrected chi connectivity index (χ0v) is 11.3. The Labute approximate surface area is 106 Å². The minimum Gasteiger partial charge on any atom is -0.329 e. The molecule has 2 rings (SSSR count). The van der Waals surface area contributed by atoms with E-state index in [9.17, 15) is 0 Å². The monoisotopic (exact) mass is 282 g/mol. The van der Waals surface area contributed by atoms with Crippen molar-refractivity contribution in [2.24, 2.45) is 11.7 Å². The molecule has 1 fully saturated rings. The summed E-state index contributed by atoms with van der Waals surface area (Å²) < 4.78 is 1.13. The maximum Gasteiger partial charge on any atom is 0.0470 e. The van der Waals surface area contributed by atoms with Crippen molar-refractivity contribution in [3.05, 3.63) is 34.3 Å². The number of likely N-dealkylation sites (tertiary alicyclic amines) is 1. The number of hydrogen-bond donors (Lipinski definition) is 1. The second-order valence-electron chi connectivity index (χ2n) is 4.70. The van der Waals surface area contributed by atoms with Gasteiger partial charge in [0.1, 0.15) is 0 Å². The fourth-order valence-corrected chi connectivity index (χ4v) is 2.88. The Kier molecular flexibility index (Phi) is 4.00. The Bertz CT molecular complexity index is 354. The second-order valence-corrected chi connectivity index (χ2v) is 5.61. The molecule has 1 heterocycles. The van der Waals surface area contributed by atoms with E-state index in [1.54, 1.807) is 0 Å². The molecule has 2 nitrogen and oxygen atoms in total. The van der Waals surface area contributed by atoms with E-state index in [1.807, 2.05) is 0 Å². The molecule has 0 spiro atoms. The fraction of sp³-hybridized carbons (Fsp3) is 0.538. The molecular formula is C13H19BrN2. The molecule has 88 valence electrons. The van der Waals surface area contributed by atoms with E-state index in [-0.39, 0.29) is 0 Å². The minimum absolute atomic E-state index is 0.377. The SMILES string of the molecule is CC1CCN(C(CN)c2cccc(Br)c2)C1. The first kappa shape index (κ1) is 12.1. The van der Waals surface area contributed by atoms with E-state index in [0.717, 1.165) is 10.4 Å². The van der Waals surface area contributed by atoms with Crippen LogP contribution in [0.3, 0.4) is 0 Å². The molecule has 1 aliphatic heterocycles. The van der Waals surface area contributed by atoms with Crippen LogP contribution in [0.15, 0.2) is 28.7 Å². The molecule has 0 saturated carbocycles. The summed E-state index contributed by atoms with van der Waals surface area (Å²) in [6.45, 7) is 5.36. The molecular weight excluding hydrogens is 264 g/mol. The van der Waals surface area contributed by atoms with Crippen LogP contribution in [0.5, 0.6) is 0 Å². The second kappa shape index (κ2) is 5.30. The molecule has 0 aliphatic carbocycles. The van der Waals surface area contributed by atoms with Crippen molar-refractivity contribution in [3.8, 4) is 0 Å². The average molecular weight is 283 g/mol. The lowest BCUT2D eigenvalue weighted by Gasteiger charge is -2.27. The molecule has 2 unspecified atom stereocenters. The summed E-state index contributed by atoms with van der Waals surface area (Å²) in [5.74, 6) is 0.807. The van der Waals surface area contributed by atoms with Crippen LogP contribution in [0.2, 0.25) is 0 Å². The van der Waals surface area contributed by atoms with E-state index in [0.29, 0.717) is 12.6 Å². The molecule has 2 atom stereocenters. The van der Waals surface area contributed by atoms with Crippen molar-refractivity contribution in [3.63, 3.8) is 0 Å². The third-order valence-electron chi connectivity index (χ3n) is 3.35. The molecule has 1 saturated heterocycles. The highest BCUT2D eigenvalue weighted by Crippen LogP contribution is 2.28. The summed E-state index contributed by atoms with van der Waals surface area (Å²) in [5, 5.41) is 0. The van der Waals surface area contributed by atoms with E-state index in [4.69, 9.17) is 5.73 Å². The maximum atomic E-state index is 5.92. The van der Waals surface area contributed by atoms with Gasteiger partial charge in [-0.25, -0.2) is 0 Å². The van der Waals surface area contributed by atoms with Crippen LogP contribution in [-0.2, 0) is 0 Å². The Balaban J connectivity index is 2.16. The summed E-state index contributed by atoms with van der Waals surface area (Å²) >= 11 is 3.52. The number of nitrogens with zero attached hydrogens (tertiary/aromatic N) is 1. The molecule has 0 radical (unpaired) electrons. The molecule has 0 amide bonds. The van der Waals surface area contributed by atoms with E-state index >= 15 is 0 Å². The summed E-state index contributed by atoms with van der Waals surface area (Å²) in [6, 6.07) is 8.87. The summed E-state index contributed by atoms with van der Waals surface area (Å²) in [6.07, 6.45) is 1.30. The molecule has 16 heavy (non-hydrogen) atoms. The molecule has 1 aliphatic rings. The maximum absolute atomic E-state index is 5.92. The Morgan fingerprint density at radius 3 is 2.94 bits per heavy atom. The summed E-state index contributed by atoms with van der Waals surface area (Å²) in [4.78, 5) is 2.51. The first-order valence-corrected chi connectivity index (χ1v) is 6.69. The summed E-state index contributed by atoms with van der Waals surface area (Å²) in [5.41, 5.74) is 7.25. The van der Waals surface area contributed by atoms with Gasteiger partial charge >= 0.3 is 0 Å². The predicted molar refractivity (Wildman–Crippen MR) is 71.3 cm³/mol.